The van der Waals surface area contributed by atoms with Gasteiger partial charge in [-0.05, 0) is 70.6 Å². The average Bonchev–Trinajstić information content (AvgIpc) is 3.24. The minimum absolute atomic E-state index is 0.0465. The van der Waals surface area contributed by atoms with Crippen molar-refractivity contribution in [3.05, 3.63) is 85.1 Å². The van der Waals surface area contributed by atoms with E-state index >= 15 is 0 Å². The van der Waals surface area contributed by atoms with Gasteiger partial charge in [-0.3, -0.25) is 18.6 Å². The Morgan fingerprint density at radius 3 is 1.37 bits per heavy atom. The minimum atomic E-state index is -4.39. The smallest absolute Gasteiger partial charge is 0.462 e. The first-order chi connectivity index (χ1) is 29.3. The third-order valence-electron chi connectivity index (χ3n) is 9.55. The SMILES string of the molecule is CC/C=C\C/C=C\C/C=C\C/C=C\C/C=C\C/C=C\C/C=C\CCCCCCCC(=O)OC(COC(=O)CCCCCCCCCCCCCC)COP(=O)(O)OCCN. The van der Waals surface area contributed by atoms with Crippen molar-refractivity contribution < 1.29 is 37.6 Å². The van der Waals surface area contributed by atoms with Gasteiger partial charge in [-0.25, -0.2) is 4.57 Å². The first-order valence-corrected chi connectivity index (χ1v) is 25.1. The highest BCUT2D eigenvalue weighted by Crippen LogP contribution is 2.43. The Morgan fingerprint density at radius 2 is 0.917 bits per heavy atom. The number of ether oxygens (including phenoxy) is 2. The standard InChI is InChI=1S/C50H86NO8P/c1-3-5-7-9-11-13-15-17-18-19-20-21-22-23-24-25-26-27-28-29-30-31-33-35-37-39-41-43-50(53)59-48(47-58-60(54,55)57-45-44-51)46-56-49(52)42-40-38-36-34-32-16-14-12-10-8-6-4-2/h5,7,11,13,17-18,20-21,23-24,26-27,29-30,48H,3-4,6,8-10,12,14-16,19,22,25,28,31-47,51H2,1-2H3,(H,54,55)/b7-5-,13-11-,18-17-,21-20-,24-23-,27-26-,30-29-. The van der Waals surface area contributed by atoms with Crippen LogP contribution >= 0.6 is 7.82 Å². The zero-order valence-electron chi connectivity index (χ0n) is 37.9. The second kappa shape index (κ2) is 45.7. The number of phosphoric ester groups is 1. The van der Waals surface area contributed by atoms with E-state index in [1.807, 2.05) is 0 Å². The highest BCUT2D eigenvalue weighted by Gasteiger charge is 2.26. The number of phosphoric acid groups is 1. The van der Waals surface area contributed by atoms with Gasteiger partial charge in [-0.15, -0.1) is 0 Å². The third-order valence-corrected chi connectivity index (χ3v) is 10.5. The Kier molecular flexibility index (Phi) is 43.6. The molecule has 0 spiro atoms. The van der Waals surface area contributed by atoms with Crippen LogP contribution in [0.3, 0.4) is 0 Å². The molecule has 0 aromatic heterocycles. The molecule has 2 unspecified atom stereocenters. The number of allylic oxidation sites excluding steroid dienone is 14. The van der Waals surface area contributed by atoms with Crippen molar-refractivity contribution in [1.82, 2.24) is 0 Å². The largest absolute Gasteiger partial charge is 0.472 e. The fourth-order valence-corrected chi connectivity index (χ4v) is 6.85. The zero-order valence-corrected chi connectivity index (χ0v) is 38.8. The Morgan fingerprint density at radius 1 is 0.517 bits per heavy atom. The predicted octanol–water partition coefficient (Wildman–Crippen LogP) is 14.0. The van der Waals surface area contributed by atoms with Crippen molar-refractivity contribution in [3.63, 3.8) is 0 Å². The summed E-state index contributed by atoms with van der Waals surface area (Å²) in [5.74, 6) is -0.855. The van der Waals surface area contributed by atoms with E-state index < -0.39 is 32.5 Å². The van der Waals surface area contributed by atoms with Crippen LogP contribution in [0.1, 0.15) is 187 Å². The molecule has 60 heavy (non-hydrogen) atoms. The number of esters is 2. The molecule has 0 aliphatic rings. The monoisotopic (exact) mass is 860 g/mol. The van der Waals surface area contributed by atoms with Gasteiger partial charge in [0.25, 0.3) is 0 Å². The Bertz CT molecular complexity index is 1250. The molecule has 0 amide bonds. The maximum atomic E-state index is 12.6. The van der Waals surface area contributed by atoms with E-state index in [9.17, 15) is 19.0 Å². The topological polar surface area (TPSA) is 134 Å². The molecule has 0 aromatic carbocycles. The quantitative estimate of drug-likeness (QED) is 0.0266. The van der Waals surface area contributed by atoms with E-state index in [4.69, 9.17) is 24.3 Å². The molecule has 9 nitrogen and oxygen atoms in total. The van der Waals surface area contributed by atoms with Crippen LogP contribution in [0.4, 0.5) is 0 Å². The van der Waals surface area contributed by atoms with Crippen LogP contribution in [0.2, 0.25) is 0 Å². The summed E-state index contributed by atoms with van der Waals surface area (Å²) >= 11 is 0. The fourth-order valence-electron chi connectivity index (χ4n) is 6.08. The number of nitrogens with two attached hydrogens (primary N) is 1. The molecule has 0 heterocycles. The van der Waals surface area contributed by atoms with Crippen LogP contribution in [-0.2, 0) is 32.7 Å². The van der Waals surface area contributed by atoms with Gasteiger partial charge in [-0.2, -0.15) is 0 Å². The van der Waals surface area contributed by atoms with Gasteiger partial charge < -0.3 is 20.1 Å². The molecule has 0 aliphatic carbocycles. The Labute approximate surface area is 366 Å². The van der Waals surface area contributed by atoms with E-state index in [1.54, 1.807) is 0 Å². The van der Waals surface area contributed by atoms with E-state index in [0.717, 1.165) is 96.3 Å². The summed E-state index contributed by atoms with van der Waals surface area (Å²) in [6, 6.07) is 0. The van der Waals surface area contributed by atoms with Crippen molar-refractivity contribution >= 4 is 19.8 Å². The fraction of sp³-hybridized carbons (Fsp3) is 0.680. The van der Waals surface area contributed by atoms with Crippen LogP contribution in [0.25, 0.3) is 0 Å². The molecule has 0 aliphatic heterocycles. The van der Waals surface area contributed by atoms with E-state index in [1.165, 1.54) is 57.8 Å². The molecule has 344 valence electrons. The average molecular weight is 860 g/mol. The molecular formula is C50H86NO8P. The Balaban J connectivity index is 4.14. The summed E-state index contributed by atoms with van der Waals surface area (Å²) in [6.07, 6.45) is 57.6. The molecule has 0 saturated heterocycles. The van der Waals surface area contributed by atoms with Crippen LogP contribution in [0.15, 0.2) is 85.1 Å². The normalized spacial score (nSPS) is 14.0. The lowest BCUT2D eigenvalue weighted by atomic mass is 10.0. The second-order valence-corrected chi connectivity index (χ2v) is 16.7. The van der Waals surface area contributed by atoms with Crippen LogP contribution < -0.4 is 5.73 Å². The maximum absolute atomic E-state index is 12.6. The van der Waals surface area contributed by atoms with E-state index in [2.05, 4.69) is 98.9 Å². The van der Waals surface area contributed by atoms with Crippen molar-refractivity contribution in [1.29, 1.82) is 0 Å². The van der Waals surface area contributed by atoms with Gasteiger partial charge in [0.15, 0.2) is 6.10 Å². The number of carbonyl (C=O) groups excluding carboxylic acids is 2. The van der Waals surface area contributed by atoms with Crippen LogP contribution in [-0.4, -0.2) is 49.3 Å². The van der Waals surface area contributed by atoms with Crippen molar-refractivity contribution in [3.8, 4) is 0 Å². The highest BCUT2D eigenvalue weighted by atomic mass is 31.2. The number of hydrogen-bond donors (Lipinski definition) is 2. The van der Waals surface area contributed by atoms with Gasteiger partial charge in [0.2, 0.25) is 0 Å². The summed E-state index contributed by atoms with van der Waals surface area (Å²) in [6.45, 7) is 3.58. The predicted molar refractivity (Wildman–Crippen MR) is 252 cm³/mol. The van der Waals surface area contributed by atoms with Gasteiger partial charge in [0.1, 0.15) is 6.61 Å². The van der Waals surface area contributed by atoms with Gasteiger partial charge in [0, 0.05) is 19.4 Å². The molecular weight excluding hydrogens is 774 g/mol. The number of hydrogen-bond acceptors (Lipinski definition) is 8. The van der Waals surface area contributed by atoms with E-state index in [-0.39, 0.29) is 32.6 Å². The second-order valence-electron chi connectivity index (χ2n) is 15.2. The van der Waals surface area contributed by atoms with Crippen LogP contribution in [0.5, 0.6) is 0 Å². The van der Waals surface area contributed by atoms with Gasteiger partial charge >= 0.3 is 19.8 Å². The number of carbonyl (C=O) groups is 2. The van der Waals surface area contributed by atoms with Crippen molar-refractivity contribution in [2.45, 2.75) is 193 Å². The van der Waals surface area contributed by atoms with Crippen molar-refractivity contribution in [2.75, 3.05) is 26.4 Å². The summed E-state index contributed by atoms with van der Waals surface area (Å²) in [7, 11) is -4.39. The molecule has 2 atom stereocenters. The summed E-state index contributed by atoms with van der Waals surface area (Å²) in [5, 5.41) is 0. The summed E-state index contributed by atoms with van der Waals surface area (Å²) in [5.41, 5.74) is 5.35. The molecule has 0 bridgehead atoms. The van der Waals surface area contributed by atoms with Crippen LogP contribution in [0, 0.1) is 0 Å². The van der Waals surface area contributed by atoms with Crippen molar-refractivity contribution in [2.24, 2.45) is 5.73 Å². The summed E-state index contributed by atoms with van der Waals surface area (Å²) < 4.78 is 32.8. The molecule has 0 fully saturated rings. The van der Waals surface area contributed by atoms with Gasteiger partial charge in [0.05, 0.1) is 13.2 Å². The molecule has 0 aromatic rings. The third kappa shape index (κ3) is 44.7. The lowest BCUT2D eigenvalue weighted by molar-refractivity contribution is -0.161. The number of rotatable bonds is 43. The summed E-state index contributed by atoms with van der Waals surface area (Å²) in [4.78, 5) is 34.9. The zero-order chi connectivity index (χ0) is 43.9. The Hall–Kier alpha value is -2.81. The molecule has 0 saturated carbocycles. The van der Waals surface area contributed by atoms with E-state index in [0.29, 0.717) is 6.42 Å². The lowest BCUT2D eigenvalue weighted by Crippen LogP contribution is -2.29. The first kappa shape index (κ1) is 57.2. The minimum Gasteiger partial charge on any atom is -0.462 e. The molecule has 0 radical (unpaired) electrons. The lowest BCUT2D eigenvalue weighted by Gasteiger charge is -2.19. The molecule has 0 rings (SSSR count). The van der Waals surface area contributed by atoms with Gasteiger partial charge in [-0.1, -0.05) is 189 Å². The maximum Gasteiger partial charge on any atom is 0.472 e. The molecule has 3 N–H and O–H groups in total. The highest BCUT2D eigenvalue weighted by molar-refractivity contribution is 7.47. The number of unbranched alkanes of at least 4 members (excludes halogenated alkanes) is 16. The molecule has 10 heteroatoms. The first-order valence-electron chi connectivity index (χ1n) is 23.6.